The van der Waals surface area contributed by atoms with Gasteiger partial charge in [0.2, 0.25) is 11.6 Å². The molecule has 5 aromatic rings. The van der Waals surface area contributed by atoms with E-state index in [-0.39, 0.29) is 5.39 Å². The predicted molar refractivity (Wildman–Crippen MR) is 118 cm³/mol. The molecular formula is C27H10F10O. The number of fused-ring (bicyclic) bond motifs is 2. The van der Waals surface area contributed by atoms with Crippen LogP contribution >= 0.6 is 0 Å². The third-order valence-corrected chi connectivity index (χ3v) is 6.11. The molecule has 0 amide bonds. The van der Waals surface area contributed by atoms with Crippen LogP contribution in [0.5, 0.6) is 5.75 Å². The molecule has 0 heterocycles. The number of ether oxygens (including phenoxy) is 1. The average Bonchev–Trinajstić information content (AvgIpc) is 2.90. The summed E-state index contributed by atoms with van der Waals surface area (Å²) in [4.78, 5) is 0. The van der Waals surface area contributed by atoms with Gasteiger partial charge in [-0.3, -0.25) is 0 Å². The zero-order chi connectivity index (χ0) is 27.6. The molecule has 1 nitrogen and oxygen atoms in total. The zero-order valence-electron chi connectivity index (χ0n) is 18.7. The second kappa shape index (κ2) is 8.93. The van der Waals surface area contributed by atoms with Crippen LogP contribution in [0.4, 0.5) is 43.9 Å². The van der Waals surface area contributed by atoms with Crippen molar-refractivity contribution in [2.24, 2.45) is 0 Å². The fourth-order valence-electron chi connectivity index (χ4n) is 4.53. The highest BCUT2D eigenvalue weighted by Crippen LogP contribution is 2.49. The molecule has 0 aliphatic heterocycles. The largest absolute Gasteiger partial charge is 0.491 e. The molecule has 0 aliphatic carbocycles. The van der Waals surface area contributed by atoms with E-state index in [1.165, 1.54) is 12.1 Å². The van der Waals surface area contributed by atoms with Gasteiger partial charge in [-0.05, 0) is 22.9 Å². The van der Waals surface area contributed by atoms with Gasteiger partial charge < -0.3 is 4.74 Å². The van der Waals surface area contributed by atoms with E-state index in [1.54, 1.807) is 0 Å². The van der Waals surface area contributed by atoms with Gasteiger partial charge in [0, 0.05) is 33.5 Å². The van der Waals surface area contributed by atoms with Gasteiger partial charge in [-0.2, -0.15) is 8.78 Å². The van der Waals surface area contributed by atoms with E-state index in [4.69, 9.17) is 0 Å². The number of methoxy groups -OCH3 is 1. The maximum Gasteiger partial charge on any atom is 0.204 e. The summed E-state index contributed by atoms with van der Waals surface area (Å²) in [7, 11) is 0.712. The quantitative estimate of drug-likeness (QED) is 0.0963. The van der Waals surface area contributed by atoms with Crippen LogP contribution in [-0.2, 0) is 0 Å². The Morgan fingerprint density at radius 1 is 0.500 bits per heavy atom. The Balaban J connectivity index is 2.16. The molecule has 11 heteroatoms. The summed E-state index contributed by atoms with van der Waals surface area (Å²) in [5, 5.41) is -3.33. The molecule has 0 atom stereocenters. The number of hydrogen-bond donors (Lipinski definition) is 0. The summed E-state index contributed by atoms with van der Waals surface area (Å²) in [6, 6.07) is 6.60. The Morgan fingerprint density at radius 3 is 1.50 bits per heavy atom. The molecule has 38 heavy (non-hydrogen) atoms. The monoisotopic (exact) mass is 540 g/mol. The van der Waals surface area contributed by atoms with Gasteiger partial charge in [-0.1, -0.05) is 24.3 Å². The Hall–Kier alpha value is -4.28. The lowest BCUT2D eigenvalue weighted by atomic mass is 9.84. The summed E-state index contributed by atoms with van der Waals surface area (Å²) in [5.74, 6) is -21.2. The molecule has 0 bridgehead atoms. The first kappa shape index (κ1) is 25.4. The molecule has 5 rings (SSSR count). The summed E-state index contributed by atoms with van der Waals surface area (Å²) >= 11 is 0. The summed E-state index contributed by atoms with van der Waals surface area (Å²) in [5.41, 5.74) is -3.93. The van der Waals surface area contributed by atoms with Crippen molar-refractivity contribution in [3.05, 3.63) is 101 Å². The van der Waals surface area contributed by atoms with E-state index in [0.717, 1.165) is 24.3 Å². The van der Waals surface area contributed by atoms with Gasteiger partial charge in [0.1, 0.15) is 11.6 Å². The number of halogens is 10. The summed E-state index contributed by atoms with van der Waals surface area (Å²) in [6.45, 7) is 0. The number of rotatable bonds is 3. The lowest BCUT2D eigenvalue weighted by molar-refractivity contribution is 0.334. The maximum atomic E-state index is 15.4. The van der Waals surface area contributed by atoms with Gasteiger partial charge in [0.05, 0.1) is 12.7 Å². The Kier molecular flexibility index (Phi) is 5.96. The van der Waals surface area contributed by atoms with Crippen LogP contribution in [-0.4, -0.2) is 7.11 Å². The maximum absolute atomic E-state index is 15.4. The molecular weight excluding hydrogens is 530 g/mol. The van der Waals surface area contributed by atoms with Crippen LogP contribution in [0, 0.1) is 58.2 Å². The van der Waals surface area contributed by atoms with E-state index in [9.17, 15) is 26.3 Å². The molecule has 0 aromatic heterocycles. The van der Waals surface area contributed by atoms with Crippen molar-refractivity contribution in [2.45, 2.75) is 0 Å². The molecule has 0 N–H and O–H groups in total. The minimum Gasteiger partial charge on any atom is -0.491 e. The number of hydrogen-bond acceptors (Lipinski definition) is 1. The van der Waals surface area contributed by atoms with E-state index in [1.807, 2.05) is 0 Å². The molecule has 0 unspecified atom stereocenters. The highest BCUT2D eigenvalue weighted by atomic mass is 19.2. The van der Waals surface area contributed by atoms with E-state index in [0.29, 0.717) is 13.2 Å². The first-order valence-electron chi connectivity index (χ1n) is 10.6. The molecule has 194 valence electrons. The SMILES string of the molecule is COc1c(F)c(F)c(-c2c3ccccc3c(-c3ccc(F)cc3F)c3c(F)c(F)c(F)c(F)c23)c(F)c1F. The molecule has 5 aromatic carbocycles. The van der Waals surface area contributed by atoms with Gasteiger partial charge in [0.15, 0.2) is 40.7 Å². The molecule has 0 aliphatic rings. The molecule has 0 saturated heterocycles. The smallest absolute Gasteiger partial charge is 0.204 e. The van der Waals surface area contributed by atoms with Crippen molar-refractivity contribution in [1.82, 2.24) is 0 Å². The normalized spacial score (nSPS) is 11.6. The van der Waals surface area contributed by atoms with Crippen LogP contribution in [0.15, 0.2) is 42.5 Å². The van der Waals surface area contributed by atoms with Gasteiger partial charge >= 0.3 is 0 Å². The fraction of sp³-hybridized carbons (Fsp3) is 0.0370. The van der Waals surface area contributed by atoms with Crippen LogP contribution in [0.25, 0.3) is 43.8 Å². The van der Waals surface area contributed by atoms with Crippen molar-refractivity contribution >= 4 is 21.5 Å². The van der Waals surface area contributed by atoms with Crippen LogP contribution in [0.1, 0.15) is 0 Å². The molecule has 0 radical (unpaired) electrons. The van der Waals surface area contributed by atoms with Gasteiger partial charge in [0.25, 0.3) is 0 Å². The standard InChI is InChI=1S/C27H10F10O/c1-38-27-25(36)21(32)18(22(33)26(27)37)15-11-5-3-2-4-10(11)14(12-7-6-9(28)8-13(12)29)16-17(15)20(31)24(35)23(34)19(16)30/h2-8H,1H3. The summed E-state index contributed by atoms with van der Waals surface area (Å²) < 4.78 is 152. The van der Waals surface area contributed by atoms with Crippen molar-refractivity contribution < 1.29 is 48.6 Å². The second-order valence-corrected chi connectivity index (χ2v) is 8.09. The minimum absolute atomic E-state index is 0.319. The van der Waals surface area contributed by atoms with Crippen LogP contribution < -0.4 is 4.74 Å². The third-order valence-electron chi connectivity index (χ3n) is 6.11. The van der Waals surface area contributed by atoms with Gasteiger partial charge in [-0.25, -0.2) is 35.1 Å². The fourth-order valence-corrected chi connectivity index (χ4v) is 4.53. The third kappa shape index (κ3) is 3.41. The Labute approximate surface area is 206 Å². The van der Waals surface area contributed by atoms with Gasteiger partial charge in [-0.15, -0.1) is 0 Å². The van der Waals surface area contributed by atoms with Crippen LogP contribution in [0.2, 0.25) is 0 Å². The second-order valence-electron chi connectivity index (χ2n) is 8.09. The first-order chi connectivity index (χ1) is 18.0. The molecule has 0 spiro atoms. The van der Waals surface area contributed by atoms with Crippen molar-refractivity contribution in [3.63, 3.8) is 0 Å². The van der Waals surface area contributed by atoms with E-state index >= 15 is 17.6 Å². The van der Waals surface area contributed by atoms with E-state index in [2.05, 4.69) is 4.74 Å². The lowest BCUT2D eigenvalue weighted by Crippen LogP contribution is -2.07. The lowest BCUT2D eigenvalue weighted by Gasteiger charge is -2.20. The van der Waals surface area contributed by atoms with Crippen molar-refractivity contribution in [2.75, 3.05) is 7.11 Å². The molecule has 0 fully saturated rings. The Morgan fingerprint density at radius 2 is 1.00 bits per heavy atom. The minimum atomic E-state index is -2.41. The number of benzene rings is 5. The highest BCUT2D eigenvalue weighted by Gasteiger charge is 2.34. The molecule has 0 saturated carbocycles. The first-order valence-corrected chi connectivity index (χ1v) is 10.6. The van der Waals surface area contributed by atoms with Crippen molar-refractivity contribution in [1.29, 1.82) is 0 Å². The zero-order valence-corrected chi connectivity index (χ0v) is 18.7. The van der Waals surface area contributed by atoms with Crippen molar-refractivity contribution in [3.8, 4) is 28.0 Å². The van der Waals surface area contributed by atoms with E-state index < -0.39 is 102 Å². The highest BCUT2D eigenvalue weighted by molar-refractivity contribution is 6.21. The predicted octanol–water partition coefficient (Wildman–Crippen LogP) is 8.73. The summed E-state index contributed by atoms with van der Waals surface area (Å²) in [6.07, 6.45) is 0. The average molecular weight is 540 g/mol. The van der Waals surface area contributed by atoms with Crippen LogP contribution in [0.3, 0.4) is 0 Å². The Bertz CT molecular complexity index is 1780. The topological polar surface area (TPSA) is 9.23 Å².